The molecule has 13 aromatic carbocycles. The first-order chi connectivity index (χ1) is 45.5. The van der Waals surface area contributed by atoms with Crippen LogP contribution in [0.2, 0.25) is 39.3 Å². The Hall–Kier alpha value is -10.8. The number of benzene rings is 13. The molecule has 2 aliphatic heterocycles. The van der Waals surface area contributed by atoms with Crippen molar-refractivity contribution in [1.29, 1.82) is 0 Å². The van der Waals surface area contributed by atoms with Gasteiger partial charge in [-0.25, -0.2) is 0 Å². The molecule has 6 nitrogen and oxygen atoms in total. The van der Waals surface area contributed by atoms with Gasteiger partial charge in [0.1, 0.15) is 0 Å². The molecule has 0 atom stereocenters. The highest BCUT2D eigenvalue weighted by molar-refractivity contribution is 7.00. The Bertz CT molecular complexity index is 5560. The van der Waals surface area contributed by atoms with Crippen LogP contribution >= 0.6 is 0 Å². The van der Waals surface area contributed by atoms with E-state index >= 15 is 0 Å². The van der Waals surface area contributed by atoms with Crippen molar-refractivity contribution in [3.05, 3.63) is 285 Å². The Kier molecular flexibility index (Phi) is 11.5. The van der Waals surface area contributed by atoms with Gasteiger partial charge in [0, 0.05) is 88.6 Å². The van der Waals surface area contributed by atoms with E-state index < -0.39 is 16.1 Å². The number of nitrogens with zero attached hydrogens (tertiary/aromatic N) is 6. The van der Waals surface area contributed by atoms with Crippen LogP contribution in [0.1, 0.15) is 0 Å². The van der Waals surface area contributed by atoms with Gasteiger partial charge in [-0.05, 0) is 136 Å². The highest BCUT2D eigenvalue weighted by atomic mass is 28.3. The second-order valence-corrected chi connectivity index (χ2v) is 37.7. The summed E-state index contributed by atoms with van der Waals surface area (Å²) in [5.41, 5.74) is 25.1. The number of aromatic nitrogens is 4. The summed E-state index contributed by atoms with van der Waals surface area (Å²) in [4.78, 5) is 5.31. The monoisotopic (exact) mass is 1220 g/mol. The normalized spacial score (nSPS) is 13.2. The van der Waals surface area contributed by atoms with Crippen LogP contribution in [0, 0.1) is 0 Å². The van der Waals surface area contributed by atoms with Crippen molar-refractivity contribution in [3.63, 3.8) is 0 Å². The number of fused-ring (bicyclic) bond motifs is 16. The van der Waals surface area contributed by atoms with E-state index in [1.807, 2.05) is 0 Å². The zero-order chi connectivity index (χ0) is 62.2. The quantitative estimate of drug-likeness (QED) is 0.142. The summed E-state index contributed by atoms with van der Waals surface area (Å²) in [5.74, 6) is 0. The van der Waals surface area contributed by atoms with Crippen LogP contribution in [0.5, 0.6) is 0 Å². The number of anilines is 6. The molecule has 4 aromatic heterocycles. The first kappa shape index (κ1) is 53.9. The zero-order valence-electron chi connectivity index (χ0n) is 52.9. The van der Waals surface area contributed by atoms with Crippen molar-refractivity contribution in [2.24, 2.45) is 0 Å². The molecule has 0 radical (unpaired) electrons. The fourth-order valence-corrected chi connectivity index (χ4v) is 19.7. The minimum atomic E-state index is -1.97. The van der Waals surface area contributed by atoms with Gasteiger partial charge >= 0.3 is 0 Å². The maximum Gasteiger partial charge on any atom is 0.252 e. The summed E-state index contributed by atoms with van der Waals surface area (Å²) in [7, 11) is -3.93. The molecule has 17 aromatic rings. The molecule has 0 unspecified atom stereocenters. The molecule has 0 saturated heterocycles. The van der Waals surface area contributed by atoms with Gasteiger partial charge in [0.05, 0.1) is 71.7 Å². The molecule has 0 saturated carbocycles. The number of para-hydroxylation sites is 10. The third kappa shape index (κ3) is 7.69. The predicted octanol–water partition coefficient (Wildman–Crippen LogP) is 19.2. The Morgan fingerprint density at radius 2 is 0.516 bits per heavy atom. The van der Waals surface area contributed by atoms with Crippen LogP contribution in [-0.2, 0) is 0 Å². The molecule has 6 heterocycles. The maximum atomic E-state index is 2.65. The highest BCUT2D eigenvalue weighted by Crippen LogP contribution is 2.48. The van der Waals surface area contributed by atoms with Crippen molar-refractivity contribution in [2.45, 2.75) is 39.3 Å². The Morgan fingerprint density at radius 3 is 0.882 bits per heavy atom. The lowest BCUT2D eigenvalue weighted by Crippen LogP contribution is -2.62. The topological polar surface area (TPSA) is 26.2 Å². The smallest absolute Gasteiger partial charge is 0.252 e. The number of hydrogen-bond donors (Lipinski definition) is 0. The minimum absolute atomic E-state index is 0.193. The molecule has 442 valence electrons. The molecule has 93 heavy (non-hydrogen) atoms. The molecule has 19 rings (SSSR count). The van der Waals surface area contributed by atoms with Gasteiger partial charge in [-0.2, -0.15) is 0 Å². The standard InChI is InChI=1S/C84H65BN6Si2/c1-92(2,3)80-46-21-19-40-74(80)90-72-50-48-54(86-66-34-13-11-30-60(66)62-32-23-44-78(83(62)86)88-68-36-15-7-26-56(68)57-27-8-16-37-69(57)88)52-64(72)85-65-53-55(49-51-73(65)91(77-43-25-42-76(90)82(77)85)75-41-20-22-47-81(75)93(4,5)6)87-67-35-14-12-31-61(67)63-33-24-45-79(84(63)87)89-70-38-17-9-28-58(70)59-29-10-18-39-71(59)89/h7-53H,1-6H3. The second kappa shape index (κ2) is 19.8. The lowest BCUT2D eigenvalue weighted by Gasteiger charge is -2.45. The van der Waals surface area contributed by atoms with Crippen molar-refractivity contribution >= 4 is 171 Å². The van der Waals surface area contributed by atoms with E-state index in [0.29, 0.717) is 0 Å². The lowest BCUT2D eigenvalue weighted by molar-refractivity contribution is 1.13. The third-order valence-corrected chi connectivity index (χ3v) is 24.4. The summed E-state index contributed by atoms with van der Waals surface area (Å²) in [5, 5.41) is 12.7. The summed E-state index contributed by atoms with van der Waals surface area (Å²) in [6, 6.07) is 108. The van der Waals surface area contributed by atoms with Gasteiger partial charge in [0.15, 0.2) is 0 Å². The molecule has 9 heteroatoms. The second-order valence-electron chi connectivity index (χ2n) is 27.6. The van der Waals surface area contributed by atoms with Gasteiger partial charge in [-0.15, -0.1) is 0 Å². The summed E-state index contributed by atoms with van der Waals surface area (Å²) >= 11 is 0. The van der Waals surface area contributed by atoms with E-state index in [-0.39, 0.29) is 6.71 Å². The van der Waals surface area contributed by atoms with Gasteiger partial charge in [0.2, 0.25) is 0 Å². The van der Waals surface area contributed by atoms with E-state index in [4.69, 9.17) is 0 Å². The maximum absolute atomic E-state index is 2.65. The summed E-state index contributed by atoms with van der Waals surface area (Å²) in [6.45, 7) is 14.8. The molecule has 0 amide bonds. The average Bonchev–Trinajstić information content (AvgIpc) is 1.06. The van der Waals surface area contributed by atoms with E-state index in [1.54, 1.807) is 0 Å². The number of rotatable bonds is 8. The van der Waals surface area contributed by atoms with E-state index in [0.717, 1.165) is 22.7 Å². The third-order valence-electron chi connectivity index (χ3n) is 20.4. The van der Waals surface area contributed by atoms with Crippen LogP contribution in [0.3, 0.4) is 0 Å². The molecule has 2 aliphatic rings. The van der Waals surface area contributed by atoms with Crippen molar-refractivity contribution in [2.75, 3.05) is 9.80 Å². The van der Waals surface area contributed by atoms with Crippen molar-refractivity contribution in [1.82, 2.24) is 18.3 Å². The average molecular weight is 1230 g/mol. The van der Waals surface area contributed by atoms with Crippen LogP contribution < -0.4 is 36.6 Å². The van der Waals surface area contributed by atoms with E-state index in [1.165, 1.54) is 148 Å². The minimum Gasteiger partial charge on any atom is -0.312 e. The molecule has 0 aliphatic carbocycles. The SMILES string of the molecule is C[Si](C)(C)c1ccccc1N1c2ccc(-n3c4ccccc4c4cccc(-n5c6ccccc6c6ccccc65)c43)cc2B2c3cc(-n4c5ccccc5c5cccc(-n6c7ccccc7c7ccccc76)c54)ccc3N(c3ccccc3[Si](C)(C)C)c3cccc1c32. The van der Waals surface area contributed by atoms with Crippen LogP contribution in [0.15, 0.2) is 285 Å². The van der Waals surface area contributed by atoms with Crippen LogP contribution in [-0.4, -0.2) is 41.1 Å². The zero-order valence-corrected chi connectivity index (χ0v) is 54.9. The van der Waals surface area contributed by atoms with Crippen molar-refractivity contribution < 1.29 is 0 Å². The van der Waals surface area contributed by atoms with Gasteiger partial charge in [0.25, 0.3) is 6.71 Å². The molecule has 0 bridgehead atoms. The van der Waals surface area contributed by atoms with Gasteiger partial charge in [-0.3, -0.25) is 0 Å². The first-order valence-corrected chi connectivity index (χ1v) is 39.7. The molecular weight excluding hydrogens is 1160 g/mol. The van der Waals surface area contributed by atoms with Gasteiger partial charge < -0.3 is 28.1 Å². The summed E-state index contributed by atoms with van der Waals surface area (Å²) in [6.07, 6.45) is 0. The summed E-state index contributed by atoms with van der Waals surface area (Å²) < 4.78 is 10.2. The van der Waals surface area contributed by atoms with Crippen molar-refractivity contribution in [3.8, 4) is 22.7 Å². The highest BCUT2D eigenvalue weighted by Gasteiger charge is 2.45. The fourth-order valence-electron chi connectivity index (χ4n) is 16.6. The molecular formula is C84H65BN6Si2. The Balaban J connectivity index is 0.936. The molecule has 0 N–H and O–H groups in total. The Morgan fingerprint density at radius 1 is 0.237 bits per heavy atom. The predicted molar refractivity (Wildman–Crippen MR) is 404 cm³/mol. The van der Waals surface area contributed by atoms with E-state index in [9.17, 15) is 0 Å². The fraction of sp³-hybridized carbons (Fsp3) is 0.0714. The number of hydrogen-bond acceptors (Lipinski definition) is 2. The molecule has 0 spiro atoms. The first-order valence-electron chi connectivity index (χ1n) is 32.7. The van der Waals surface area contributed by atoms with Crippen LogP contribution in [0.25, 0.3) is 110 Å². The largest absolute Gasteiger partial charge is 0.312 e. The van der Waals surface area contributed by atoms with E-state index in [2.05, 4.69) is 352 Å². The molecule has 0 fully saturated rings. The lowest BCUT2D eigenvalue weighted by atomic mass is 9.33. The van der Waals surface area contributed by atoms with Gasteiger partial charge in [-0.1, -0.05) is 215 Å². The Labute approximate surface area is 542 Å². The van der Waals surface area contributed by atoms with Crippen LogP contribution in [0.4, 0.5) is 34.1 Å².